The van der Waals surface area contributed by atoms with Gasteiger partial charge < -0.3 is 25.4 Å². The molecule has 0 radical (unpaired) electrons. The number of nitrogens with zero attached hydrogens (tertiary/aromatic N) is 3. The number of halogens is 1. The highest BCUT2D eigenvalue weighted by molar-refractivity contribution is 7.21. The number of carbonyl (C=O) groups excluding carboxylic acids is 1. The molecule has 11 heteroatoms. The van der Waals surface area contributed by atoms with Crippen LogP contribution in [-0.2, 0) is 4.74 Å². The number of carbonyl (C=O) groups is 1. The van der Waals surface area contributed by atoms with Gasteiger partial charge in [0.1, 0.15) is 16.8 Å². The largest absolute Gasteiger partial charge is 0.469 e. The molecule has 1 fully saturated rings. The molecule has 4 aromatic rings. The molecule has 1 aromatic carbocycles. The second-order valence-electron chi connectivity index (χ2n) is 7.45. The zero-order valence-electron chi connectivity index (χ0n) is 16.6. The highest BCUT2D eigenvalue weighted by atomic mass is 32.1. The highest BCUT2D eigenvalue weighted by Gasteiger charge is 2.23. The average molecular weight is 452 g/mol. The fourth-order valence-corrected chi connectivity index (χ4v) is 4.84. The SMILES string of the molecule is O=C1NCCNc2c1sc1ccc3nc(Nc4nc(F)cc(OC5COC5)n4)ccc3c21. The number of hydrogen-bond donors (Lipinski definition) is 3. The Labute approximate surface area is 185 Å². The summed E-state index contributed by atoms with van der Waals surface area (Å²) in [4.78, 5) is 25.7. The third-order valence-corrected chi connectivity index (χ3v) is 6.40. The number of ether oxygens (including phenoxy) is 2. The van der Waals surface area contributed by atoms with Crippen molar-refractivity contribution in [2.24, 2.45) is 0 Å². The summed E-state index contributed by atoms with van der Waals surface area (Å²) in [7, 11) is 0. The van der Waals surface area contributed by atoms with Gasteiger partial charge >= 0.3 is 0 Å². The van der Waals surface area contributed by atoms with E-state index in [1.807, 2.05) is 18.2 Å². The van der Waals surface area contributed by atoms with Crippen molar-refractivity contribution in [1.29, 1.82) is 0 Å². The number of pyridine rings is 1. The summed E-state index contributed by atoms with van der Waals surface area (Å²) in [5.41, 5.74) is 1.57. The summed E-state index contributed by atoms with van der Waals surface area (Å²) in [6.45, 7) is 2.14. The Hall–Kier alpha value is -3.57. The molecule has 0 saturated carbocycles. The highest BCUT2D eigenvalue weighted by Crippen LogP contribution is 2.40. The van der Waals surface area contributed by atoms with Crippen molar-refractivity contribution in [3.63, 3.8) is 0 Å². The van der Waals surface area contributed by atoms with Crippen molar-refractivity contribution in [2.45, 2.75) is 6.10 Å². The quantitative estimate of drug-likeness (QED) is 0.405. The van der Waals surface area contributed by atoms with E-state index < -0.39 is 5.95 Å². The zero-order valence-corrected chi connectivity index (χ0v) is 17.5. The minimum Gasteiger partial charge on any atom is -0.469 e. The van der Waals surface area contributed by atoms with Crippen LogP contribution >= 0.6 is 11.3 Å². The minimum atomic E-state index is -0.703. The van der Waals surface area contributed by atoms with E-state index in [0.29, 0.717) is 37.0 Å². The predicted octanol–water partition coefficient (Wildman–Crippen LogP) is 3.06. The molecule has 2 aliphatic heterocycles. The number of nitrogens with one attached hydrogen (secondary N) is 3. The van der Waals surface area contributed by atoms with Gasteiger partial charge in [-0.2, -0.15) is 14.4 Å². The number of thiophene rings is 1. The molecule has 9 nitrogen and oxygen atoms in total. The molecular formula is C21H17FN6O3S. The van der Waals surface area contributed by atoms with Crippen LogP contribution in [0.1, 0.15) is 9.67 Å². The summed E-state index contributed by atoms with van der Waals surface area (Å²) in [5, 5.41) is 11.1. The normalized spacial score (nSPS) is 16.1. The summed E-state index contributed by atoms with van der Waals surface area (Å²) < 4.78 is 25.6. The lowest BCUT2D eigenvalue weighted by Gasteiger charge is -2.26. The van der Waals surface area contributed by atoms with Crippen LogP contribution in [0.25, 0.3) is 21.0 Å². The molecule has 3 aromatic heterocycles. The predicted molar refractivity (Wildman–Crippen MR) is 118 cm³/mol. The number of aromatic nitrogens is 3. The molecule has 0 unspecified atom stereocenters. The zero-order chi connectivity index (χ0) is 21.7. The van der Waals surface area contributed by atoms with Crippen molar-refractivity contribution in [1.82, 2.24) is 20.3 Å². The molecule has 0 aliphatic carbocycles. The summed E-state index contributed by atoms with van der Waals surface area (Å²) in [5.74, 6) is -0.115. The third-order valence-electron chi connectivity index (χ3n) is 5.25. The minimum absolute atomic E-state index is 0.0518. The van der Waals surface area contributed by atoms with Crippen LogP contribution in [-0.4, -0.2) is 53.3 Å². The van der Waals surface area contributed by atoms with E-state index in [1.54, 1.807) is 6.07 Å². The Kier molecular flexibility index (Phi) is 4.51. The molecule has 0 atom stereocenters. The van der Waals surface area contributed by atoms with Crippen LogP contribution in [0.3, 0.4) is 0 Å². The molecular weight excluding hydrogens is 435 g/mol. The monoisotopic (exact) mass is 452 g/mol. The maximum Gasteiger partial charge on any atom is 0.263 e. The van der Waals surface area contributed by atoms with E-state index in [-0.39, 0.29) is 23.8 Å². The summed E-state index contributed by atoms with van der Waals surface area (Å²) in [6.07, 6.45) is -0.130. The molecule has 0 spiro atoms. The Morgan fingerprint density at radius 2 is 2.00 bits per heavy atom. The van der Waals surface area contributed by atoms with Crippen LogP contribution in [0, 0.1) is 5.95 Å². The molecule has 0 bridgehead atoms. The second kappa shape index (κ2) is 7.53. The lowest BCUT2D eigenvalue weighted by molar-refractivity contribution is -0.0814. The fraction of sp³-hybridized carbons (Fsp3) is 0.238. The third kappa shape index (κ3) is 3.35. The maximum absolute atomic E-state index is 14.0. The smallest absolute Gasteiger partial charge is 0.263 e. The van der Waals surface area contributed by atoms with Gasteiger partial charge in [-0.25, -0.2) is 4.98 Å². The Morgan fingerprint density at radius 3 is 2.84 bits per heavy atom. The summed E-state index contributed by atoms with van der Waals surface area (Å²) in [6, 6.07) is 8.69. The van der Waals surface area contributed by atoms with E-state index >= 15 is 0 Å². The Bertz CT molecular complexity index is 1370. The van der Waals surface area contributed by atoms with E-state index in [0.717, 1.165) is 32.7 Å². The number of hydrogen-bond acceptors (Lipinski definition) is 9. The van der Waals surface area contributed by atoms with Crippen LogP contribution < -0.4 is 20.7 Å². The number of anilines is 3. The van der Waals surface area contributed by atoms with Crippen molar-refractivity contribution in [2.75, 3.05) is 36.9 Å². The van der Waals surface area contributed by atoms with Gasteiger partial charge in [0.25, 0.3) is 5.91 Å². The van der Waals surface area contributed by atoms with Gasteiger partial charge in [0.2, 0.25) is 17.8 Å². The van der Waals surface area contributed by atoms with E-state index in [2.05, 4.69) is 30.9 Å². The number of fused-ring (bicyclic) bond motifs is 5. The van der Waals surface area contributed by atoms with Crippen LogP contribution in [0.4, 0.5) is 21.8 Å². The topological polar surface area (TPSA) is 110 Å². The standard InChI is InChI=1S/C21H17FN6O3S/c22-14-7-16(31-10-8-30-9-10)28-21(26-14)27-15-4-1-11-12(25-15)2-3-13-17(11)18-19(32-13)20(29)24-6-5-23-18/h1-4,7,10,23H,5-6,8-9H2,(H,24,29)(H,25,26,27,28). The molecule has 2 aliphatic rings. The molecule has 3 N–H and O–H groups in total. The van der Waals surface area contributed by atoms with E-state index in [9.17, 15) is 9.18 Å². The Balaban J connectivity index is 1.35. The molecule has 1 saturated heterocycles. The Morgan fingerprint density at radius 1 is 1.12 bits per heavy atom. The molecule has 6 rings (SSSR count). The summed E-state index contributed by atoms with van der Waals surface area (Å²) >= 11 is 1.45. The van der Waals surface area contributed by atoms with Crippen molar-refractivity contribution in [3.05, 3.63) is 41.2 Å². The molecule has 1 amide bonds. The van der Waals surface area contributed by atoms with Crippen molar-refractivity contribution in [3.8, 4) is 5.88 Å². The van der Waals surface area contributed by atoms with Gasteiger partial charge in [0.15, 0.2) is 0 Å². The van der Waals surface area contributed by atoms with Gasteiger partial charge in [0, 0.05) is 28.6 Å². The van der Waals surface area contributed by atoms with Crippen LogP contribution in [0.5, 0.6) is 5.88 Å². The number of benzene rings is 1. The van der Waals surface area contributed by atoms with Gasteiger partial charge in [-0.3, -0.25) is 4.79 Å². The van der Waals surface area contributed by atoms with Crippen LogP contribution in [0.2, 0.25) is 0 Å². The lowest BCUT2D eigenvalue weighted by Crippen LogP contribution is -2.38. The fourth-order valence-electron chi connectivity index (χ4n) is 3.72. The molecule has 162 valence electrons. The first-order valence-electron chi connectivity index (χ1n) is 10.1. The lowest BCUT2D eigenvalue weighted by atomic mass is 10.1. The number of amides is 1. The van der Waals surface area contributed by atoms with Gasteiger partial charge in [-0.15, -0.1) is 11.3 Å². The van der Waals surface area contributed by atoms with Gasteiger partial charge in [0.05, 0.1) is 30.5 Å². The first-order chi connectivity index (χ1) is 15.6. The van der Waals surface area contributed by atoms with E-state index in [4.69, 9.17) is 9.47 Å². The average Bonchev–Trinajstić information content (AvgIpc) is 3.03. The molecule has 5 heterocycles. The first kappa shape index (κ1) is 19.1. The van der Waals surface area contributed by atoms with Crippen molar-refractivity contribution < 1.29 is 18.7 Å². The first-order valence-corrected chi connectivity index (χ1v) is 10.9. The van der Waals surface area contributed by atoms with Crippen molar-refractivity contribution >= 4 is 55.7 Å². The van der Waals surface area contributed by atoms with Gasteiger partial charge in [-0.1, -0.05) is 0 Å². The second-order valence-corrected chi connectivity index (χ2v) is 8.50. The van der Waals surface area contributed by atoms with Crippen LogP contribution in [0.15, 0.2) is 30.3 Å². The number of rotatable bonds is 4. The van der Waals surface area contributed by atoms with E-state index in [1.165, 1.54) is 11.3 Å². The molecule has 32 heavy (non-hydrogen) atoms. The van der Waals surface area contributed by atoms with Gasteiger partial charge in [-0.05, 0) is 24.3 Å². The maximum atomic E-state index is 14.0.